The number of rotatable bonds is 5. The summed E-state index contributed by atoms with van der Waals surface area (Å²) in [5.74, 6) is -3.56. The third-order valence-corrected chi connectivity index (χ3v) is 12.4. The fourth-order valence-corrected chi connectivity index (χ4v) is 10.8. The molecule has 0 unspecified atom stereocenters. The largest absolute Gasteiger partial charge is 0.466 e. The first kappa shape index (κ1) is 32.2. The van der Waals surface area contributed by atoms with Crippen LogP contribution in [-0.2, 0) is 47.7 Å². The van der Waals surface area contributed by atoms with Crippen molar-refractivity contribution in [1.82, 2.24) is 0 Å². The van der Waals surface area contributed by atoms with Crippen LogP contribution in [0.15, 0.2) is 43.4 Å². The second kappa shape index (κ2) is 12.0. The Hall–Kier alpha value is -3.20. The van der Waals surface area contributed by atoms with Crippen LogP contribution in [0, 0.1) is 6.92 Å². The molecular formula is C30H31NO10S3. The van der Waals surface area contributed by atoms with Crippen molar-refractivity contribution < 1.29 is 47.7 Å². The predicted molar refractivity (Wildman–Crippen MR) is 166 cm³/mol. The Bertz CT molecular complexity index is 1560. The molecule has 1 spiro atoms. The van der Waals surface area contributed by atoms with Gasteiger partial charge in [0.1, 0.15) is 24.9 Å². The van der Waals surface area contributed by atoms with E-state index in [1.165, 1.54) is 28.4 Å². The van der Waals surface area contributed by atoms with Gasteiger partial charge in [-0.2, -0.15) is 0 Å². The molecule has 4 heterocycles. The number of benzene rings is 1. The minimum atomic E-state index is -1.62. The van der Waals surface area contributed by atoms with Crippen molar-refractivity contribution in [3.05, 3.63) is 54.5 Å². The summed E-state index contributed by atoms with van der Waals surface area (Å²) >= 11 is 2.79. The van der Waals surface area contributed by atoms with Gasteiger partial charge in [-0.05, 0) is 45.7 Å². The number of esters is 4. The van der Waals surface area contributed by atoms with Gasteiger partial charge >= 0.3 is 23.9 Å². The molecule has 0 radical (unpaired) electrons. The number of hydrogen-bond acceptors (Lipinski definition) is 13. The summed E-state index contributed by atoms with van der Waals surface area (Å²) < 4.78 is 24.6. The first-order valence-corrected chi connectivity index (χ1v) is 16.0. The molecule has 0 N–H and O–H groups in total. The highest BCUT2D eigenvalue weighted by Gasteiger charge is 2.62. The van der Waals surface area contributed by atoms with E-state index >= 15 is 0 Å². The Labute approximate surface area is 267 Å². The molecular weight excluding hydrogens is 631 g/mol. The lowest BCUT2D eigenvalue weighted by Gasteiger charge is -2.51. The van der Waals surface area contributed by atoms with Gasteiger partial charge in [-0.25, -0.2) is 19.2 Å². The molecule has 14 heteroatoms. The van der Waals surface area contributed by atoms with Crippen LogP contribution >= 0.6 is 35.3 Å². The molecule has 1 aromatic rings. The molecule has 5 rings (SSSR count). The molecule has 11 nitrogen and oxygen atoms in total. The van der Waals surface area contributed by atoms with Gasteiger partial charge in [0.05, 0.1) is 45.2 Å². The lowest BCUT2D eigenvalue weighted by molar-refractivity contribution is -0.138. The van der Waals surface area contributed by atoms with E-state index in [2.05, 4.69) is 0 Å². The zero-order valence-corrected chi connectivity index (χ0v) is 27.6. The number of aryl methyl sites for hydroxylation is 1. The van der Waals surface area contributed by atoms with Crippen molar-refractivity contribution in [2.45, 2.75) is 49.3 Å². The molecule has 4 aliphatic rings. The Balaban J connectivity index is 1.88. The van der Waals surface area contributed by atoms with Crippen molar-refractivity contribution in [3.63, 3.8) is 0 Å². The number of ether oxygens (including phenoxy) is 5. The van der Waals surface area contributed by atoms with E-state index in [9.17, 15) is 24.0 Å². The molecule has 0 bridgehead atoms. The van der Waals surface area contributed by atoms with Gasteiger partial charge in [-0.15, -0.1) is 0 Å². The van der Waals surface area contributed by atoms with Crippen LogP contribution in [0.4, 0.5) is 5.69 Å². The van der Waals surface area contributed by atoms with Crippen molar-refractivity contribution in [1.29, 1.82) is 0 Å². The summed E-state index contributed by atoms with van der Waals surface area (Å²) in [6.07, 6.45) is 0.666. The second-order valence-electron chi connectivity index (χ2n) is 10.7. The number of fused-ring (bicyclic) bond motifs is 3. The number of anilines is 1. The van der Waals surface area contributed by atoms with E-state index in [1.54, 1.807) is 4.90 Å². The fraction of sp³-hybridized carbons (Fsp3) is 0.433. The smallest absolute Gasteiger partial charge is 0.345 e. The van der Waals surface area contributed by atoms with Crippen molar-refractivity contribution >= 4 is 76.3 Å². The van der Waals surface area contributed by atoms with Gasteiger partial charge < -0.3 is 23.7 Å². The highest BCUT2D eigenvalue weighted by molar-refractivity contribution is 8.26. The summed E-state index contributed by atoms with van der Waals surface area (Å²) in [7, 11) is 4.72. The number of carbonyl (C=O) groups is 5. The minimum absolute atomic E-state index is 0.0953. The van der Waals surface area contributed by atoms with E-state index in [1.807, 2.05) is 39.0 Å². The molecule has 1 atom stereocenters. The number of methoxy groups -OCH3 is 4. The van der Waals surface area contributed by atoms with Gasteiger partial charge in [0.15, 0.2) is 0 Å². The van der Waals surface area contributed by atoms with E-state index in [0.717, 1.165) is 47.3 Å². The fourth-order valence-electron chi connectivity index (χ4n) is 5.74. The first-order chi connectivity index (χ1) is 20.9. The number of hydrogen-bond donors (Lipinski definition) is 0. The molecule has 1 aromatic carbocycles. The first-order valence-electron chi connectivity index (χ1n) is 13.6. The maximum absolute atomic E-state index is 14.2. The van der Waals surface area contributed by atoms with E-state index in [-0.39, 0.29) is 26.2 Å². The zero-order valence-electron chi connectivity index (χ0n) is 25.2. The lowest BCUT2D eigenvalue weighted by Crippen LogP contribution is -2.56. The SMILES string of the molecule is COC(=O)C1=C(C(=O)OC)SC2(S1)C(C(=O)OC)=C(C(=O)OC)SC1=C2c2cc(C)ccc2N(C(=O)[C@H]2CCCO2)C1(C)C. The Kier molecular flexibility index (Phi) is 8.75. The van der Waals surface area contributed by atoms with Gasteiger partial charge in [0.2, 0.25) is 0 Å². The molecule has 44 heavy (non-hydrogen) atoms. The average Bonchev–Trinajstić information content (AvgIpc) is 3.69. The highest BCUT2D eigenvalue weighted by atomic mass is 32.2. The van der Waals surface area contributed by atoms with Gasteiger partial charge in [-0.1, -0.05) is 46.9 Å². The van der Waals surface area contributed by atoms with Crippen LogP contribution in [0.25, 0.3) is 5.57 Å². The summed E-state index contributed by atoms with van der Waals surface area (Å²) in [5, 5.41) is 0. The highest BCUT2D eigenvalue weighted by Crippen LogP contribution is 2.71. The minimum Gasteiger partial charge on any atom is -0.466 e. The normalized spacial score (nSPS) is 21.6. The molecule has 1 fully saturated rings. The van der Waals surface area contributed by atoms with Gasteiger partial charge in [0.25, 0.3) is 5.91 Å². The summed E-state index contributed by atoms with van der Waals surface area (Å²) in [6.45, 7) is 6.05. The third kappa shape index (κ3) is 4.86. The molecule has 0 aliphatic carbocycles. The molecule has 1 saturated heterocycles. The maximum Gasteiger partial charge on any atom is 0.345 e. The van der Waals surface area contributed by atoms with Crippen LogP contribution in [0.3, 0.4) is 0 Å². The lowest BCUT2D eigenvalue weighted by atomic mass is 9.82. The van der Waals surface area contributed by atoms with Crippen molar-refractivity contribution in [3.8, 4) is 0 Å². The molecule has 0 aromatic heterocycles. The number of nitrogens with zero attached hydrogens (tertiary/aromatic N) is 1. The summed E-state index contributed by atoms with van der Waals surface area (Å²) in [4.78, 5) is 69.5. The summed E-state index contributed by atoms with van der Waals surface area (Å²) in [5.41, 5.74) is 1.31. The van der Waals surface area contributed by atoms with E-state index in [4.69, 9.17) is 23.7 Å². The number of amides is 1. The van der Waals surface area contributed by atoms with Crippen LogP contribution in [0.5, 0.6) is 0 Å². The topological polar surface area (TPSA) is 135 Å². The van der Waals surface area contributed by atoms with Gasteiger partial charge in [-0.3, -0.25) is 9.69 Å². The number of carbonyl (C=O) groups excluding carboxylic acids is 5. The third-order valence-electron chi connectivity index (χ3n) is 7.72. The van der Waals surface area contributed by atoms with E-state index in [0.29, 0.717) is 34.8 Å². The Morgan fingerprint density at radius 3 is 1.95 bits per heavy atom. The summed E-state index contributed by atoms with van der Waals surface area (Å²) in [6, 6.07) is 5.59. The van der Waals surface area contributed by atoms with Gasteiger partial charge in [0, 0.05) is 22.6 Å². The average molecular weight is 662 g/mol. The van der Waals surface area contributed by atoms with Crippen LogP contribution in [0.2, 0.25) is 0 Å². The standard InChI is InChI=1S/C30H31NO10S3/c1-14-10-11-16-15(13-14)18-23(29(2,3)31(16)24(32)17-9-8-12-41-17)42-20(26(34)38-5)19(25(33)37-4)30(18)43-21(27(35)39-6)22(44-30)28(36)40-7/h10-11,13,17H,8-9,12H2,1-7H3/t17-/m1/s1. The quantitative estimate of drug-likeness (QED) is 0.332. The van der Waals surface area contributed by atoms with Crippen LogP contribution in [-0.4, -0.2) is 80.6 Å². The molecule has 1 amide bonds. The van der Waals surface area contributed by atoms with Crippen LogP contribution in [0.1, 0.15) is 37.8 Å². The van der Waals surface area contributed by atoms with Crippen molar-refractivity contribution in [2.24, 2.45) is 0 Å². The zero-order chi connectivity index (χ0) is 32.1. The van der Waals surface area contributed by atoms with Crippen molar-refractivity contribution in [2.75, 3.05) is 39.9 Å². The molecule has 4 aliphatic heterocycles. The monoisotopic (exact) mass is 661 g/mol. The Morgan fingerprint density at radius 2 is 1.43 bits per heavy atom. The molecule has 234 valence electrons. The van der Waals surface area contributed by atoms with E-state index < -0.39 is 39.6 Å². The Morgan fingerprint density at radius 1 is 0.864 bits per heavy atom. The number of thioether (sulfide) groups is 3. The predicted octanol–water partition coefficient (Wildman–Crippen LogP) is 4.09. The van der Waals surface area contributed by atoms with Crippen LogP contribution < -0.4 is 4.90 Å². The maximum atomic E-state index is 14.2. The second-order valence-corrected chi connectivity index (χ2v) is 14.4. The molecule has 0 saturated carbocycles.